The lowest BCUT2D eigenvalue weighted by Crippen LogP contribution is -2.52. The van der Waals surface area contributed by atoms with Crippen molar-refractivity contribution >= 4 is 5.91 Å². The van der Waals surface area contributed by atoms with Crippen LogP contribution in [0.4, 0.5) is 13.2 Å². The van der Waals surface area contributed by atoms with Crippen molar-refractivity contribution in [1.29, 1.82) is 0 Å². The molecule has 0 spiro atoms. The zero-order valence-electron chi connectivity index (χ0n) is 13.0. The maximum absolute atomic E-state index is 12.9. The zero-order chi connectivity index (χ0) is 16.8. The van der Waals surface area contributed by atoms with Gasteiger partial charge in [-0.2, -0.15) is 13.2 Å². The standard InChI is InChI=1S/C16H19F3N2O2/c1-15(2)8-12(21-6-5-20-9-14(21)22)11-4-3-10(16(17,18)19)7-13(11)23-15/h3-4,7,12,20H,5-6,8-9H2,1-2H3. The summed E-state index contributed by atoms with van der Waals surface area (Å²) < 4.78 is 44.6. The van der Waals surface area contributed by atoms with Crippen molar-refractivity contribution in [2.24, 2.45) is 0 Å². The van der Waals surface area contributed by atoms with Crippen molar-refractivity contribution in [1.82, 2.24) is 10.2 Å². The van der Waals surface area contributed by atoms with Crippen LogP contribution >= 0.6 is 0 Å². The number of alkyl halides is 3. The fourth-order valence-electron chi connectivity index (χ4n) is 3.22. The summed E-state index contributed by atoms with van der Waals surface area (Å²) in [5, 5.41) is 3.01. The fraction of sp³-hybridized carbons (Fsp3) is 0.562. The molecule has 1 atom stereocenters. The Morgan fingerprint density at radius 2 is 2.09 bits per heavy atom. The Hall–Kier alpha value is -1.76. The molecule has 2 aliphatic heterocycles. The molecule has 1 saturated heterocycles. The van der Waals surface area contributed by atoms with Gasteiger partial charge in [0.2, 0.25) is 5.91 Å². The van der Waals surface area contributed by atoms with Gasteiger partial charge in [0, 0.05) is 25.1 Å². The third-order valence-electron chi connectivity index (χ3n) is 4.27. The number of hydrogen-bond acceptors (Lipinski definition) is 3. The molecule has 3 rings (SSSR count). The van der Waals surface area contributed by atoms with Crippen molar-refractivity contribution in [3.05, 3.63) is 29.3 Å². The minimum absolute atomic E-state index is 0.0372. The Bertz CT molecular complexity index is 628. The summed E-state index contributed by atoms with van der Waals surface area (Å²) in [6.07, 6.45) is -3.86. The van der Waals surface area contributed by atoms with Crippen molar-refractivity contribution < 1.29 is 22.7 Å². The maximum atomic E-state index is 12.9. The predicted octanol–water partition coefficient (Wildman–Crippen LogP) is 2.74. The number of rotatable bonds is 1. The topological polar surface area (TPSA) is 41.6 Å². The predicted molar refractivity (Wildman–Crippen MR) is 78.1 cm³/mol. The summed E-state index contributed by atoms with van der Waals surface area (Å²) in [7, 11) is 0. The van der Waals surface area contributed by atoms with Crippen LogP contribution in [-0.4, -0.2) is 36.0 Å². The van der Waals surface area contributed by atoms with E-state index in [1.165, 1.54) is 6.07 Å². The summed E-state index contributed by atoms with van der Waals surface area (Å²) in [5.41, 5.74) is -0.723. The Balaban J connectivity index is 2.02. The van der Waals surface area contributed by atoms with Gasteiger partial charge in [-0.05, 0) is 26.0 Å². The Kier molecular flexibility index (Phi) is 3.78. The minimum atomic E-state index is -4.42. The average Bonchev–Trinajstić information content (AvgIpc) is 2.44. The number of amides is 1. The van der Waals surface area contributed by atoms with Crippen LogP contribution in [0.25, 0.3) is 0 Å². The van der Waals surface area contributed by atoms with E-state index in [4.69, 9.17) is 4.74 Å². The van der Waals surface area contributed by atoms with Gasteiger partial charge in [0.15, 0.2) is 0 Å². The lowest BCUT2D eigenvalue weighted by Gasteiger charge is -2.44. The van der Waals surface area contributed by atoms with Crippen LogP contribution in [0.2, 0.25) is 0 Å². The van der Waals surface area contributed by atoms with Crippen molar-refractivity contribution in [2.45, 2.75) is 38.1 Å². The van der Waals surface area contributed by atoms with Crippen LogP contribution in [-0.2, 0) is 11.0 Å². The Labute approximate surface area is 132 Å². The van der Waals surface area contributed by atoms with Gasteiger partial charge in [0.05, 0.1) is 18.2 Å². The van der Waals surface area contributed by atoms with E-state index >= 15 is 0 Å². The number of nitrogens with one attached hydrogen (secondary N) is 1. The monoisotopic (exact) mass is 328 g/mol. The van der Waals surface area contributed by atoms with Gasteiger partial charge < -0.3 is 15.0 Å². The molecule has 23 heavy (non-hydrogen) atoms. The quantitative estimate of drug-likeness (QED) is 0.862. The lowest BCUT2D eigenvalue weighted by atomic mass is 9.87. The number of ether oxygens (including phenoxy) is 1. The summed E-state index contributed by atoms with van der Waals surface area (Å²) >= 11 is 0. The average molecular weight is 328 g/mol. The molecule has 1 aromatic rings. The molecule has 1 fully saturated rings. The zero-order valence-corrected chi connectivity index (χ0v) is 13.0. The van der Waals surface area contributed by atoms with E-state index in [9.17, 15) is 18.0 Å². The number of nitrogens with zero attached hydrogens (tertiary/aromatic N) is 1. The smallest absolute Gasteiger partial charge is 0.416 e. The number of hydrogen-bond donors (Lipinski definition) is 1. The molecule has 0 saturated carbocycles. The van der Waals surface area contributed by atoms with Gasteiger partial charge in [0.1, 0.15) is 11.4 Å². The second kappa shape index (κ2) is 5.40. The van der Waals surface area contributed by atoms with Gasteiger partial charge in [-0.25, -0.2) is 0 Å². The summed E-state index contributed by atoms with van der Waals surface area (Å²) in [4.78, 5) is 13.9. The van der Waals surface area contributed by atoms with Crippen molar-refractivity contribution in [2.75, 3.05) is 19.6 Å². The number of benzene rings is 1. The van der Waals surface area contributed by atoms with E-state index in [1.54, 1.807) is 4.90 Å². The maximum Gasteiger partial charge on any atom is 0.416 e. The molecule has 0 bridgehead atoms. The fourth-order valence-corrected chi connectivity index (χ4v) is 3.22. The van der Waals surface area contributed by atoms with Crippen LogP contribution in [0.15, 0.2) is 18.2 Å². The molecule has 0 aromatic heterocycles. The Morgan fingerprint density at radius 3 is 2.74 bits per heavy atom. The first-order valence-electron chi connectivity index (χ1n) is 7.58. The first-order valence-corrected chi connectivity index (χ1v) is 7.58. The van der Waals surface area contributed by atoms with Gasteiger partial charge in [0.25, 0.3) is 0 Å². The first-order chi connectivity index (χ1) is 10.7. The highest BCUT2D eigenvalue weighted by Crippen LogP contribution is 2.45. The molecule has 0 radical (unpaired) electrons. The molecule has 2 aliphatic rings. The minimum Gasteiger partial charge on any atom is -0.487 e. The number of halogens is 3. The first kappa shape index (κ1) is 16.1. The number of carbonyl (C=O) groups is 1. The van der Waals surface area contributed by atoms with Crippen LogP contribution in [0.5, 0.6) is 5.75 Å². The number of carbonyl (C=O) groups excluding carboxylic acids is 1. The molecular formula is C16H19F3N2O2. The third-order valence-corrected chi connectivity index (χ3v) is 4.27. The van der Waals surface area contributed by atoms with E-state index in [0.29, 0.717) is 25.1 Å². The normalized spacial score (nSPS) is 24.1. The van der Waals surface area contributed by atoms with Gasteiger partial charge >= 0.3 is 6.18 Å². The van der Waals surface area contributed by atoms with Crippen molar-refractivity contribution in [3.8, 4) is 5.75 Å². The van der Waals surface area contributed by atoms with E-state index in [0.717, 1.165) is 12.1 Å². The van der Waals surface area contributed by atoms with Gasteiger partial charge in [-0.3, -0.25) is 4.79 Å². The van der Waals surface area contributed by atoms with Crippen molar-refractivity contribution in [3.63, 3.8) is 0 Å². The largest absolute Gasteiger partial charge is 0.487 e. The van der Waals surface area contributed by atoms with Crippen LogP contribution in [0, 0.1) is 0 Å². The number of fused-ring (bicyclic) bond motifs is 1. The van der Waals surface area contributed by atoms with E-state index in [2.05, 4.69) is 5.32 Å². The van der Waals surface area contributed by atoms with E-state index in [-0.39, 0.29) is 24.2 Å². The highest BCUT2D eigenvalue weighted by molar-refractivity contribution is 5.79. The molecule has 1 amide bonds. The van der Waals surface area contributed by atoms with Gasteiger partial charge in [-0.15, -0.1) is 0 Å². The summed E-state index contributed by atoms with van der Waals surface area (Å²) in [6, 6.07) is 3.27. The SMILES string of the molecule is CC1(C)CC(N2CCNCC2=O)c2ccc(C(F)(F)F)cc2O1. The number of piperazine rings is 1. The second-order valence-electron chi connectivity index (χ2n) is 6.60. The van der Waals surface area contributed by atoms with E-state index in [1.807, 2.05) is 13.8 Å². The van der Waals surface area contributed by atoms with Gasteiger partial charge in [-0.1, -0.05) is 6.07 Å². The molecule has 1 unspecified atom stereocenters. The highest BCUT2D eigenvalue weighted by Gasteiger charge is 2.40. The molecule has 2 heterocycles. The molecule has 126 valence electrons. The van der Waals surface area contributed by atoms with E-state index < -0.39 is 17.3 Å². The van der Waals surface area contributed by atoms with Crippen LogP contribution < -0.4 is 10.1 Å². The molecule has 0 aliphatic carbocycles. The summed E-state index contributed by atoms with van der Waals surface area (Å²) in [6.45, 7) is 5.14. The molecular weight excluding hydrogens is 309 g/mol. The Morgan fingerprint density at radius 1 is 1.35 bits per heavy atom. The third kappa shape index (κ3) is 3.15. The lowest BCUT2D eigenvalue weighted by molar-refractivity contribution is -0.139. The highest BCUT2D eigenvalue weighted by atomic mass is 19.4. The van der Waals surface area contributed by atoms with Crippen LogP contribution in [0.3, 0.4) is 0 Å². The molecule has 1 N–H and O–H groups in total. The summed E-state index contributed by atoms with van der Waals surface area (Å²) in [5.74, 6) is 0.178. The molecule has 1 aromatic carbocycles. The molecule has 4 nitrogen and oxygen atoms in total. The van der Waals surface area contributed by atoms with Crippen LogP contribution in [0.1, 0.15) is 37.4 Å². The molecule has 7 heteroatoms. The second-order valence-corrected chi connectivity index (χ2v) is 6.60.